The van der Waals surface area contributed by atoms with Crippen LogP contribution in [0.5, 0.6) is 23.0 Å². The third-order valence-corrected chi connectivity index (χ3v) is 9.42. The summed E-state index contributed by atoms with van der Waals surface area (Å²) in [5.74, 6) is -1.95. The number of aliphatic hydroxyl groups is 2. The summed E-state index contributed by atoms with van der Waals surface area (Å²) in [5.41, 5.74) is 6.97. The van der Waals surface area contributed by atoms with Crippen molar-refractivity contribution < 1.29 is 58.4 Å². The van der Waals surface area contributed by atoms with Crippen LogP contribution in [-0.2, 0) is 38.7 Å². The minimum atomic E-state index is -2.32. The molecule has 0 aliphatic rings. The number of amides is 4. The molecule has 17 nitrogen and oxygen atoms in total. The standard InChI is InChI=1S/C46H61N5O12/c1-30(2)14-10-6-8-12-16-40(52)48-27-32-18-22-36(38(25-32)60-4)62-50-44(56)34-20-21-35(47-29-34)24-31(3)15-11-7-9-13-17-41(53)49-28-33-19-23-37(39(26-33)61-5)63-51-45(57)42(54)43(55)46(58)59/h10-11,14-15,18-23,25-26,29-31,42-43,54-55H,6-9,12-13,16-17,24,27-28H2,1-5H3,(H,48,52)(H,49,53)(H,50,56)(H,51,57)(H,58,59)/b14-10+,15-11+. The Labute approximate surface area is 368 Å². The van der Waals surface area contributed by atoms with Gasteiger partial charge < -0.3 is 45.1 Å². The highest BCUT2D eigenvalue weighted by molar-refractivity contribution is 5.93. The van der Waals surface area contributed by atoms with E-state index in [2.05, 4.69) is 66.2 Å². The maximum atomic E-state index is 12.8. The van der Waals surface area contributed by atoms with Crippen LogP contribution in [-0.4, -0.2) is 76.3 Å². The van der Waals surface area contributed by atoms with Gasteiger partial charge in [-0.2, -0.15) is 11.0 Å². The van der Waals surface area contributed by atoms with Gasteiger partial charge in [-0.3, -0.25) is 24.2 Å². The van der Waals surface area contributed by atoms with E-state index in [-0.39, 0.29) is 35.8 Å². The van der Waals surface area contributed by atoms with Crippen LogP contribution in [0.15, 0.2) is 79.0 Å². The molecule has 3 unspecified atom stereocenters. The molecule has 2 aromatic carbocycles. The SMILES string of the molecule is COc1cc(CNC(=O)CCCC/C=C/C(C)C)ccc1ONC(=O)c1ccc(CC(C)/C=C/CCCCC(=O)NCc2ccc(ONC(=O)C(O)C(O)C(=O)O)c(OC)c2)nc1. The number of benzene rings is 2. The second-order valence-corrected chi connectivity index (χ2v) is 15.2. The van der Waals surface area contributed by atoms with Crippen LogP contribution >= 0.6 is 0 Å². The fourth-order valence-electron chi connectivity index (χ4n) is 5.86. The minimum absolute atomic E-state index is 0.0103. The van der Waals surface area contributed by atoms with Crippen molar-refractivity contribution in [3.63, 3.8) is 0 Å². The molecule has 63 heavy (non-hydrogen) atoms. The van der Waals surface area contributed by atoms with E-state index in [1.165, 1.54) is 26.5 Å². The molecule has 7 N–H and O–H groups in total. The monoisotopic (exact) mass is 875 g/mol. The molecule has 17 heteroatoms. The smallest absolute Gasteiger partial charge is 0.335 e. The van der Waals surface area contributed by atoms with Crippen molar-refractivity contribution >= 4 is 29.6 Å². The van der Waals surface area contributed by atoms with Crippen molar-refractivity contribution in [2.75, 3.05) is 14.2 Å². The van der Waals surface area contributed by atoms with Crippen LogP contribution in [0.25, 0.3) is 0 Å². The first-order chi connectivity index (χ1) is 30.2. The third-order valence-electron chi connectivity index (χ3n) is 9.42. The lowest BCUT2D eigenvalue weighted by molar-refractivity contribution is -0.160. The number of unbranched alkanes of at least 4 members (excludes halogenated alkanes) is 4. The summed E-state index contributed by atoms with van der Waals surface area (Å²) in [4.78, 5) is 75.3. The van der Waals surface area contributed by atoms with Gasteiger partial charge in [-0.05, 0) is 104 Å². The molecular weight excluding hydrogens is 815 g/mol. The number of carboxylic acid groups (broad SMARTS) is 1. The van der Waals surface area contributed by atoms with Crippen molar-refractivity contribution in [1.29, 1.82) is 0 Å². The van der Waals surface area contributed by atoms with Gasteiger partial charge in [0.2, 0.25) is 11.8 Å². The number of carbonyl (C=O) groups is 5. The summed E-state index contributed by atoms with van der Waals surface area (Å²) >= 11 is 0. The zero-order chi connectivity index (χ0) is 46.1. The quantitative estimate of drug-likeness (QED) is 0.0288. The average Bonchev–Trinajstić information content (AvgIpc) is 3.27. The maximum Gasteiger partial charge on any atom is 0.335 e. The first-order valence-corrected chi connectivity index (χ1v) is 20.9. The highest BCUT2D eigenvalue weighted by Gasteiger charge is 2.30. The number of hydrogen-bond acceptors (Lipinski definition) is 12. The third kappa shape index (κ3) is 19.0. The van der Waals surface area contributed by atoms with Crippen LogP contribution in [0.4, 0.5) is 0 Å². The number of hydroxylamine groups is 2. The molecule has 0 bridgehead atoms. The van der Waals surface area contributed by atoms with Crippen LogP contribution in [0.1, 0.15) is 99.3 Å². The van der Waals surface area contributed by atoms with E-state index >= 15 is 0 Å². The zero-order valence-electron chi connectivity index (χ0n) is 36.6. The van der Waals surface area contributed by atoms with Gasteiger partial charge in [0.1, 0.15) is 0 Å². The van der Waals surface area contributed by atoms with Gasteiger partial charge in [-0.1, -0.05) is 57.2 Å². The Morgan fingerprint density at radius 2 is 1.22 bits per heavy atom. The number of rotatable bonds is 28. The Kier molecular flexibility index (Phi) is 22.2. The van der Waals surface area contributed by atoms with Crippen molar-refractivity contribution in [3.05, 3.63) is 101 Å². The number of allylic oxidation sites excluding steroid dienone is 4. The van der Waals surface area contributed by atoms with Gasteiger partial charge in [0.05, 0.1) is 19.8 Å². The van der Waals surface area contributed by atoms with Crippen molar-refractivity contribution in [2.24, 2.45) is 11.8 Å². The van der Waals surface area contributed by atoms with Crippen molar-refractivity contribution in [3.8, 4) is 23.0 Å². The lowest BCUT2D eigenvalue weighted by Gasteiger charge is -2.16. The number of aromatic nitrogens is 1. The normalized spacial score (nSPS) is 12.6. The molecular formula is C46H61N5O12. The first-order valence-electron chi connectivity index (χ1n) is 20.9. The molecule has 0 fully saturated rings. The Morgan fingerprint density at radius 3 is 1.71 bits per heavy atom. The van der Waals surface area contributed by atoms with Crippen LogP contribution < -0.4 is 40.7 Å². The molecule has 0 aliphatic carbocycles. The summed E-state index contributed by atoms with van der Waals surface area (Å²) in [6.07, 6.45) is 12.0. The fourth-order valence-corrected chi connectivity index (χ4v) is 5.86. The molecule has 0 saturated heterocycles. The highest BCUT2D eigenvalue weighted by atomic mass is 16.7. The Bertz CT molecular complexity index is 2000. The van der Waals surface area contributed by atoms with E-state index in [1.54, 1.807) is 42.5 Å². The summed E-state index contributed by atoms with van der Waals surface area (Å²) in [6, 6.07) is 13.4. The molecule has 1 heterocycles. The van der Waals surface area contributed by atoms with E-state index < -0.39 is 30.0 Å². The van der Waals surface area contributed by atoms with E-state index in [9.17, 15) is 34.2 Å². The number of carboxylic acids is 1. The number of aliphatic hydroxyl groups excluding tert-OH is 2. The second-order valence-electron chi connectivity index (χ2n) is 15.2. The number of nitrogens with one attached hydrogen (secondary N) is 4. The lowest BCUT2D eigenvalue weighted by Crippen LogP contribution is -2.46. The predicted molar refractivity (Wildman–Crippen MR) is 233 cm³/mol. The van der Waals surface area contributed by atoms with E-state index in [0.29, 0.717) is 60.8 Å². The fraction of sp³-hybridized carbons (Fsp3) is 0.435. The Hall–Kier alpha value is -6.46. The molecule has 4 amide bonds. The topological polar surface area (TPSA) is 244 Å². The maximum absolute atomic E-state index is 12.8. The Morgan fingerprint density at radius 1 is 0.683 bits per heavy atom. The zero-order valence-corrected chi connectivity index (χ0v) is 36.6. The van der Waals surface area contributed by atoms with Gasteiger partial charge in [0.25, 0.3) is 11.8 Å². The van der Waals surface area contributed by atoms with Crippen LogP contribution in [0.3, 0.4) is 0 Å². The second kappa shape index (κ2) is 27.5. The van der Waals surface area contributed by atoms with Gasteiger partial charge in [0.15, 0.2) is 35.2 Å². The van der Waals surface area contributed by atoms with Crippen molar-refractivity contribution in [1.82, 2.24) is 26.6 Å². The largest absolute Gasteiger partial charge is 0.493 e. The number of pyridine rings is 1. The number of nitrogens with zero attached hydrogens (tertiary/aromatic N) is 1. The summed E-state index contributed by atoms with van der Waals surface area (Å²) in [7, 11) is 2.86. The summed E-state index contributed by atoms with van der Waals surface area (Å²) in [6.45, 7) is 6.90. The molecule has 0 aliphatic heterocycles. The van der Waals surface area contributed by atoms with E-state index in [0.717, 1.165) is 43.4 Å². The van der Waals surface area contributed by atoms with Crippen LogP contribution in [0, 0.1) is 11.8 Å². The number of ether oxygens (including phenoxy) is 2. The molecule has 3 aromatic rings. The van der Waals surface area contributed by atoms with Crippen LogP contribution in [0.2, 0.25) is 0 Å². The summed E-state index contributed by atoms with van der Waals surface area (Å²) < 4.78 is 10.7. The van der Waals surface area contributed by atoms with Gasteiger partial charge in [0, 0.05) is 37.8 Å². The number of carbonyl (C=O) groups excluding carboxylic acids is 4. The first kappa shape index (κ1) is 50.9. The molecule has 0 saturated carbocycles. The number of aliphatic carboxylic acids is 1. The molecule has 1 aromatic heterocycles. The lowest BCUT2D eigenvalue weighted by atomic mass is 10.0. The van der Waals surface area contributed by atoms with E-state index in [4.69, 9.17) is 24.3 Å². The molecule has 342 valence electrons. The van der Waals surface area contributed by atoms with Gasteiger partial charge in [-0.25, -0.2) is 4.79 Å². The average molecular weight is 876 g/mol. The van der Waals surface area contributed by atoms with Gasteiger partial charge in [-0.15, -0.1) is 0 Å². The van der Waals surface area contributed by atoms with Crippen molar-refractivity contribution in [2.45, 2.75) is 104 Å². The summed E-state index contributed by atoms with van der Waals surface area (Å²) in [5, 5.41) is 33.4. The number of hydrogen-bond donors (Lipinski definition) is 7. The molecule has 0 radical (unpaired) electrons. The molecule has 0 spiro atoms. The minimum Gasteiger partial charge on any atom is -0.493 e. The van der Waals surface area contributed by atoms with Gasteiger partial charge >= 0.3 is 5.97 Å². The highest BCUT2D eigenvalue weighted by Crippen LogP contribution is 2.29. The molecule has 3 rings (SSSR count). The number of methoxy groups -OCH3 is 2. The van der Waals surface area contributed by atoms with E-state index in [1.807, 2.05) is 5.48 Å². The Balaban J connectivity index is 1.32. The predicted octanol–water partition coefficient (Wildman–Crippen LogP) is 5.04. The molecule has 3 atom stereocenters.